The molecule has 94 valence electrons. The molecule has 1 heterocycles. The number of carboxylic acids is 1. The number of aromatic nitrogens is 1. The number of nitrogens with zero attached hydrogens (tertiary/aromatic N) is 1. The number of thioether (sulfide) groups is 2. The van der Waals surface area contributed by atoms with Crippen LogP contribution in [0.25, 0.3) is 0 Å². The van der Waals surface area contributed by atoms with Crippen LogP contribution in [0.3, 0.4) is 0 Å². The Morgan fingerprint density at radius 2 is 2.12 bits per heavy atom. The van der Waals surface area contributed by atoms with Crippen molar-refractivity contribution < 1.29 is 23.1 Å². The number of carboxylic acid groups (broad SMARTS) is 1. The first-order valence-corrected chi connectivity index (χ1v) is 6.38. The first-order chi connectivity index (χ1) is 7.88. The Bertz CT molecular complexity index is 398. The van der Waals surface area contributed by atoms with Gasteiger partial charge in [0.2, 0.25) is 0 Å². The summed E-state index contributed by atoms with van der Waals surface area (Å²) in [5, 5.41) is 9.11. The van der Waals surface area contributed by atoms with E-state index in [1.807, 2.05) is 0 Å². The Hall–Kier alpha value is -0.890. The van der Waals surface area contributed by atoms with Gasteiger partial charge in [-0.2, -0.15) is 13.2 Å². The number of hydrogen-bond acceptors (Lipinski definition) is 4. The lowest BCUT2D eigenvalue weighted by atomic mass is 10.3. The maximum absolute atomic E-state index is 11.8. The molecule has 1 N–H and O–H groups in total. The van der Waals surface area contributed by atoms with E-state index >= 15 is 0 Å². The van der Waals surface area contributed by atoms with Gasteiger partial charge in [-0.15, -0.1) is 11.8 Å². The van der Waals surface area contributed by atoms with Gasteiger partial charge in [-0.25, -0.2) is 9.78 Å². The number of pyridine rings is 1. The molecule has 1 aromatic rings. The van der Waals surface area contributed by atoms with Crippen LogP contribution < -0.4 is 0 Å². The monoisotopic (exact) mass is 283 g/mol. The highest BCUT2D eigenvalue weighted by molar-refractivity contribution is 8.03. The van der Waals surface area contributed by atoms with Crippen molar-refractivity contribution in [3.05, 3.63) is 23.9 Å². The van der Waals surface area contributed by atoms with Gasteiger partial charge < -0.3 is 5.11 Å². The molecule has 0 fully saturated rings. The van der Waals surface area contributed by atoms with Crippen LogP contribution in [0.15, 0.2) is 23.4 Å². The molecule has 1 aromatic heterocycles. The fourth-order valence-corrected chi connectivity index (χ4v) is 2.38. The van der Waals surface area contributed by atoms with Gasteiger partial charge in [0, 0.05) is 17.7 Å². The van der Waals surface area contributed by atoms with E-state index in [1.165, 1.54) is 18.3 Å². The zero-order valence-corrected chi connectivity index (χ0v) is 10.0. The van der Waals surface area contributed by atoms with Crippen molar-refractivity contribution in [3.8, 4) is 0 Å². The number of carbonyl (C=O) groups is 1. The van der Waals surface area contributed by atoms with Gasteiger partial charge in [0.1, 0.15) is 0 Å². The molecular formula is C9H8F3NO2S2. The van der Waals surface area contributed by atoms with Crippen molar-refractivity contribution in [3.63, 3.8) is 0 Å². The molecule has 0 aliphatic rings. The van der Waals surface area contributed by atoms with E-state index in [2.05, 4.69) is 4.98 Å². The SMILES string of the molecule is O=C(O)c1ccnc(SCCSC(F)(F)F)c1. The van der Waals surface area contributed by atoms with E-state index in [0.29, 0.717) is 5.03 Å². The average molecular weight is 283 g/mol. The third-order valence-corrected chi connectivity index (χ3v) is 3.50. The molecule has 1 rings (SSSR count). The van der Waals surface area contributed by atoms with Crippen LogP contribution in [-0.2, 0) is 0 Å². The molecule has 3 nitrogen and oxygen atoms in total. The van der Waals surface area contributed by atoms with Gasteiger partial charge >= 0.3 is 11.5 Å². The first kappa shape index (κ1) is 14.2. The van der Waals surface area contributed by atoms with Crippen molar-refractivity contribution >= 4 is 29.5 Å². The van der Waals surface area contributed by atoms with E-state index in [-0.39, 0.29) is 28.8 Å². The summed E-state index contributed by atoms with van der Waals surface area (Å²) in [6.45, 7) is 0. The Labute approximate surface area is 104 Å². The molecule has 0 amide bonds. The van der Waals surface area contributed by atoms with Gasteiger partial charge in [-0.05, 0) is 12.1 Å². The summed E-state index contributed by atoms with van der Waals surface area (Å²) in [5.74, 6) is -0.952. The van der Waals surface area contributed by atoms with Crippen molar-refractivity contribution in [1.29, 1.82) is 0 Å². The van der Waals surface area contributed by atoms with Crippen molar-refractivity contribution in [2.75, 3.05) is 11.5 Å². The van der Waals surface area contributed by atoms with Crippen LogP contribution in [0, 0.1) is 0 Å². The molecule has 0 saturated carbocycles. The van der Waals surface area contributed by atoms with Gasteiger partial charge in [0.15, 0.2) is 0 Å². The Morgan fingerprint density at radius 1 is 1.41 bits per heavy atom. The molecule has 0 radical (unpaired) electrons. The highest BCUT2D eigenvalue weighted by Crippen LogP contribution is 2.31. The van der Waals surface area contributed by atoms with Crippen LogP contribution >= 0.6 is 23.5 Å². The second-order valence-electron chi connectivity index (χ2n) is 2.83. The Balaban J connectivity index is 2.42. The molecule has 0 unspecified atom stereocenters. The molecule has 17 heavy (non-hydrogen) atoms. The maximum atomic E-state index is 11.8. The summed E-state index contributed by atoms with van der Waals surface area (Å²) in [4.78, 5) is 14.5. The molecule has 0 aromatic carbocycles. The van der Waals surface area contributed by atoms with Crippen LogP contribution in [0.1, 0.15) is 10.4 Å². The standard InChI is InChI=1S/C9H8F3NO2S2/c10-9(11,12)17-4-3-16-7-5-6(8(14)15)1-2-13-7/h1-2,5H,3-4H2,(H,14,15). The van der Waals surface area contributed by atoms with Crippen molar-refractivity contribution in [2.45, 2.75) is 10.5 Å². The molecular weight excluding hydrogens is 275 g/mol. The highest BCUT2D eigenvalue weighted by atomic mass is 32.2. The first-order valence-electron chi connectivity index (χ1n) is 4.41. The summed E-state index contributed by atoms with van der Waals surface area (Å²) in [6.07, 6.45) is 1.32. The Kier molecular flexibility index (Phi) is 5.13. The third-order valence-electron chi connectivity index (χ3n) is 1.58. The normalized spacial score (nSPS) is 11.5. The number of aromatic carboxylic acids is 1. The fourth-order valence-electron chi connectivity index (χ4n) is 0.925. The number of alkyl halides is 3. The molecule has 8 heteroatoms. The minimum absolute atomic E-state index is 0.0750. The van der Waals surface area contributed by atoms with Gasteiger partial charge in [0.05, 0.1) is 10.6 Å². The molecule has 0 atom stereocenters. The lowest BCUT2D eigenvalue weighted by Crippen LogP contribution is -2.02. The largest absolute Gasteiger partial charge is 0.478 e. The molecule has 0 saturated heterocycles. The van der Waals surface area contributed by atoms with Crippen LogP contribution in [-0.4, -0.2) is 33.1 Å². The van der Waals surface area contributed by atoms with Crippen molar-refractivity contribution in [2.24, 2.45) is 0 Å². The lowest BCUT2D eigenvalue weighted by molar-refractivity contribution is -0.0326. The summed E-state index contributed by atoms with van der Waals surface area (Å²) in [5.41, 5.74) is -4.15. The molecule has 0 spiro atoms. The van der Waals surface area contributed by atoms with E-state index in [1.54, 1.807) is 0 Å². The van der Waals surface area contributed by atoms with Crippen LogP contribution in [0.5, 0.6) is 0 Å². The Morgan fingerprint density at radius 3 is 2.71 bits per heavy atom. The second kappa shape index (κ2) is 6.15. The van der Waals surface area contributed by atoms with E-state index in [4.69, 9.17) is 5.11 Å². The number of rotatable bonds is 5. The summed E-state index contributed by atoms with van der Waals surface area (Å²) in [7, 11) is 0. The van der Waals surface area contributed by atoms with Gasteiger partial charge in [-0.3, -0.25) is 0 Å². The second-order valence-corrected chi connectivity index (χ2v) is 5.11. The summed E-state index contributed by atoms with van der Waals surface area (Å²) in [6, 6.07) is 2.67. The predicted octanol–water partition coefficient (Wildman–Crippen LogP) is 3.12. The minimum atomic E-state index is -4.23. The smallest absolute Gasteiger partial charge is 0.441 e. The quantitative estimate of drug-likeness (QED) is 0.664. The van der Waals surface area contributed by atoms with E-state index < -0.39 is 11.5 Å². The summed E-state index contributed by atoms with van der Waals surface area (Å²) >= 11 is 0.996. The summed E-state index contributed by atoms with van der Waals surface area (Å²) < 4.78 is 35.4. The van der Waals surface area contributed by atoms with Crippen LogP contribution in [0.4, 0.5) is 13.2 Å². The molecule has 0 aliphatic heterocycles. The topological polar surface area (TPSA) is 50.2 Å². The lowest BCUT2D eigenvalue weighted by Gasteiger charge is -2.05. The third kappa shape index (κ3) is 5.83. The predicted molar refractivity (Wildman–Crippen MR) is 60.4 cm³/mol. The molecule has 0 aliphatic carbocycles. The zero-order valence-electron chi connectivity index (χ0n) is 8.40. The molecule has 0 bridgehead atoms. The maximum Gasteiger partial charge on any atom is 0.441 e. The van der Waals surface area contributed by atoms with Gasteiger partial charge in [-0.1, -0.05) is 11.8 Å². The number of halogens is 3. The van der Waals surface area contributed by atoms with E-state index in [9.17, 15) is 18.0 Å². The van der Waals surface area contributed by atoms with Crippen molar-refractivity contribution in [1.82, 2.24) is 4.98 Å². The number of hydrogen-bond donors (Lipinski definition) is 1. The van der Waals surface area contributed by atoms with E-state index in [0.717, 1.165) is 11.8 Å². The minimum Gasteiger partial charge on any atom is -0.478 e. The highest BCUT2D eigenvalue weighted by Gasteiger charge is 2.27. The average Bonchev–Trinajstić information content (AvgIpc) is 2.23. The zero-order chi connectivity index (χ0) is 12.9. The van der Waals surface area contributed by atoms with Gasteiger partial charge in [0.25, 0.3) is 0 Å². The fraction of sp³-hybridized carbons (Fsp3) is 0.333. The van der Waals surface area contributed by atoms with Crippen LogP contribution in [0.2, 0.25) is 0 Å².